The van der Waals surface area contributed by atoms with Crippen LogP contribution in [-0.2, 0) is 4.74 Å². The number of nitrogens with zero attached hydrogens (tertiary/aromatic N) is 1. The summed E-state index contributed by atoms with van der Waals surface area (Å²) in [5.74, 6) is 0. The summed E-state index contributed by atoms with van der Waals surface area (Å²) in [6.07, 6.45) is 1.47. The minimum atomic E-state index is 0.356. The minimum absolute atomic E-state index is 0.356. The number of hydrogen-bond acceptors (Lipinski definition) is 3. The van der Waals surface area contributed by atoms with Gasteiger partial charge in [0, 0.05) is 36.4 Å². The van der Waals surface area contributed by atoms with E-state index in [1.807, 2.05) is 7.05 Å². The van der Waals surface area contributed by atoms with Crippen LogP contribution in [0, 0.1) is 0 Å². The molecule has 0 aliphatic carbocycles. The molecule has 0 amide bonds. The summed E-state index contributed by atoms with van der Waals surface area (Å²) < 4.78 is 6.58. The lowest BCUT2D eigenvalue weighted by Crippen LogP contribution is -2.25. The molecule has 1 aliphatic rings. The molecule has 0 spiro atoms. The van der Waals surface area contributed by atoms with Gasteiger partial charge in [0.05, 0.1) is 6.10 Å². The lowest BCUT2D eigenvalue weighted by molar-refractivity contribution is 0.121. The van der Waals surface area contributed by atoms with Crippen molar-refractivity contribution >= 4 is 21.6 Å². The molecular formula is C14H21BrN2O. The first-order valence-electron chi connectivity index (χ1n) is 6.40. The summed E-state index contributed by atoms with van der Waals surface area (Å²) in [7, 11) is 3.80. The van der Waals surface area contributed by atoms with E-state index in [1.54, 1.807) is 7.11 Å². The molecule has 1 N–H and O–H groups in total. The molecule has 2 rings (SSSR count). The first kappa shape index (κ1) is 13.8. The fourth-order valence-corrected chi connectivity index (χ4v) is 2.80. The Kier molecular flexibility index (Phi) is 4.65. The molecule has 0 saturated carbocycles. The standard InChI is InChI=1S/C14H21BrN2O/c1-10(16-2)13-5-4-11(15)8-14(13)17-7-6-12(9-17)18-3/h4-5,8,10,12,16H,6-7,9H2,1-3H3. The summed E-state index contributed by atoms with van der Waals surface area (Å²) >= 11 is 3.57. The number of halogens is 1. The SMILES string of the molecule is CNC(C)c1ccc(Br)cc1N1CCC(OC)C1. The number of benzene rings is 1. The Morgan fingerprint density at radius 1 is 1.50 bits per heavy atom. The number of nitrogens with one attached hydrogen (secondary N) is 1. The summed E-state index contributed by atoms with van der Waals surface area (Å²) in [6, 6.07) is 6.87. The third kappa shape index (κ3) is 2.87. The number of rotatable bonds is 4. The summed E-state index contributed by atoms with van der Waals surface area (Å²) in [5, 5.41) is 3.32. The van der Waals surface area contributed by atoms with E-state index in [0.717, 1.165) is 24.0 Å². The second-order valence-electron chi connectivity index (χ2n) is 4.81. The van der Waals surface area contributed by atoms with E-state index in [4.69, 9.17) is 4.74 Å². The molecule has 1 saturated heterocycles. The summed E-state index contributed by atoms with van der Waals surface area (Å²) in [4.78, 5) is 2.42. The maximum atomic E-state index is 5.45. The smallest absolute Gasteiger partial charge is 0.0762 e. The molecule has 100 valence electrons. The van der Waals surface area contributed by atoms with Crippen LogP contribution in [0.25, 0.3) is 0 Å². The van der Waals surface area contributed by atoms with Crippen molar-refractivity contribution in [3.8, 4) is 0 Å². The van der Waals surface area contributed by atoms with Crippen molar-refractivity contribution in [3.63, 3.8) is 0 Å². The van der Waals surface area contributed by atoms with E-state index in [2.05, 4.69) is 51.3 Å². The molecule has 3 nitrogen and oxygen atoms in total. The predicted octanol–water partition coefficient (Wildman–Crippen LogP) is 2.95. The Labute approximate surface area is 118 Å². The zero-order valence-corrected chi connectivity index (χ0v) is 12.8. The zero-order chi connectivity index (χ0) is 13.1. The number of methoxy groups -OCH3 is 1. The van der Waals surface area contributed by atoms with Gasteiger partial charge in [-0.25, -0.2) is 0 Å². The lowest BCUT2D eigenvalue weighted by atomic mass is 10.1. The highest BCUT2D eigenvalue weighted by Gasteiger charge is 2.25. The Bertz CT molecular complexity index is 411. The van der Waals surface area contributed by atoms with Crippen molar-refractivity contribution in [2.75, 3.05) is 32.1 Å². The Hall–Kier alpha value is -0.580. The zero-order valence-electron chi connectivity index (χ0n) is 11.2. The van der Waals surface area contributed by atoms with Crippen molar-refractivity contribution < 1.29 is 4.74 Å². The van der Waals surface area contributed by atoms with Crippen molar-refractivity contribution in [1.29, 1.82) is 0 Å². The topological polar surface area (TPSA) is 24.5 Å². The monoisotopic (exact) mass is 312 g/mol. The third-order valence-electron chi connectivity index (χ3n) is 3.71. The molecule has 1 heterocycles. The average molecular weight is 313 g/mol. The first-order valence-corrected chi connectivity index (χ1v) is 7.19. The largest absolute Gasteiger partial charge is 0.380 e. The van der Waals surface area contributed by atoms with Crippen LogP contribution in [0.5, 0.6) is 0 Å². The Balaban J connectivity index is 2.28. The van der Waals surface area contributed by atoms with E-state index in [-0.39, 0.29) is 0 Å². The van der Waals surface area contributed by atoms with Gasteiger partial charge in [-0.3, -0.25) is 0 Å². The second-order valence-corrected chi connectivity index (χ2v) is 5.72. The normalized spacial score (nSPS) is 21.3. The van der Waals surface area contributed by atoms with Gasteiger partial charge in [0.15, 0.2) is 0 Å². The number of anilines is 1. The highest BCUT2D eigenvalue weighted by molar-refractivity contribution is 9.10. The number of ether oxygens (including phenoxy) is 1. The fraction of sp³-hybridized carbons (Fsp3) is 0.571. The molecule has 4 heteroatoms. The fourth-order valence-electron chi connectivity index (χ4n) is 2.45. The van der Waals surface area contributed by atoms with Crippen LogP contribution in [-0.4, -0.2) is 33.4 Å². The molecule has 0 bridgehead atoms. The predicted molar refractivity (Wildman–Crippen MR) is 79.2 cm³/mol. The van der Waals surface area contributed by atoms with Crippen LogP contribution in [0.3, 0.4) is 0 Å². The molecule has 0 radical (unpaired) electrons. The van der Waals surface area contributed by atoms with Crippen LogP contribution in [0.15, 0.2) is 22.7 Å². The minimum Gasteiger partial charge on any atom is -0.380 e. The van der Waals surface area contributed by atoms with Crippen LogP contribution in [0.4, 0.5) is 5.69 Å². The van der Waals surface area contributed by atoms with Gasteiger partial charge < -0.3 is 15.0 Å². The molecule has 18 heavy (non-hydrogen) atoms. The third-order valence-corrected chi connectivity index (χ3v) is 4.20. The molecule has 0 aromatic heterocycles. The average Bonchev–Trinajstić information content (AvgIpc) is 2.86. The van der Waals surface area contributed by atoms with Gasteiger partial charge in [0.2, 0.25) is 0 Å². The van der Waals surface area contributed by atoms with Crippen molar-refractivity contribution in [1.82, 2.24) is 5.32 Å². The maximum Gasteiger partial charge on any atom is 0.0762 e. The van der Waals surface area contributed by atoms with E-state index < -0.39 is 0 Å². The maximum absolute atomic E-state index is 5.45. The van der Waals surface area contributed by atoms with Crippen molar-refractivity contribution in [2.45, 2.75) is 25.5 Å². The van der Waals surface area contributed by atoms with E-state index in [1.165, 1.54) is 11.3 Å². The Morgan fingerprint density at radius 2 is 2.28 bits per heavy atom. The van der Waals surface area contributed by atoms with Gasteiger partial charge in [-0.05, 0) is 38.1 Å². The van der Waals surface area contributed by atoms with Gasteiger partial charge in [-0.15, -0.1) is 0 Å². The van der Waals surface area contributed by atoms with E-state index in [0.29, 0.717) is 12.1 Å². The lowest BCUT2D eigenvalue weighted by Gasteiger charge is -2.25. The molecule has 1 aromatic rings. The second kappa shape index (κ2) is 6.04. The van der Waals surface area contributed by atoms with Crippen LogP contribution in [0.1, 0.15) is 24.9 Å². The van der Waals surface area contributed by atoms with Gasteiger partial charge in [0.25, 0.3) is 0 Å². The molecule has 2 unspecified atom stereocenters. The van der Waals surface area contributed by atoms with Gasteiger partial charge in [-0.1, -0.05) is 22.0 Å². The Morgan fingerprint density at radius 3 is 2.89 bits per heavy atom. The van der Waals surface area contributed by atoms with E-state index in [9.17, 15) is 0 Å². The quantitative estimate of drug-likeness (QED) is 0.925. The van der Waals surface area contributed by atoms with Crippen LogP contribution >= 0.6 is 15.9 Å². The highest BCUT2D eigenvalue weighted by atomic mass is 79.9. The van der Waals surface area contributed by atoms with Crippen molar-refractivity contribution in [3.05, 3.63) is 28.2 Å². The van der Waals surface area contributed by atoms with Gasteiger partial charge in [0.1, 0.15) is 0 Å². The molecule has 1 aliphatic heterocycles. The van der Waals surface area contributed by atoms with Gasteiger partial charge in [-0.2, -0.15) is 0 Å². The summed E-state index contributed by atoms with van der Waals surface area (Å²) in [6.45, 7) is 4.24. The summed E-state index contributed by atoms with van der Waals surface area (Å²) in [5.41, 5.74) is 2.66. The molecular weight excluding hydrogens is 292 g/mol. The van der Waals surface area contributed by atoms with E-state index >= 15 is 0 Å². The molecule has 2 atom stereocenters. The molecule has 1 aromatic carbocycles. The van der Waals surface area contributed by atoms with Crippen LogP contribution in [0.2, 0.25) is 0 Å². The highest BCUT2D eigenvalue weighted by Crippen LogP contribution is 2.32. The number of hydrogen-bond donors (Lipinski definition) is 1. The molecule has 1 fully saturated rings. The van der Waals surface area contributed by atoms with Crippen molar-refractivity contribution in [2.24, 2.45) is 0 Å². The van der Waals surface area contributed by atoms with Crippen LogP contribution < -0.4 is 10.2 Å². The first-order chi connectivity index (χ1) is 8.65. The van der Waals surface area contributed by atoms with Gasteiger partial charge >= 0.3 is 0 Å².